The van der Waals surface area contributed by atoms with Crippen molar-refractivity contribution >= 4 is 34.0 Å². The molecule has 8 heteroatoms. The van der Waals surface area contributed by atoms with E-state index >= 15 is 0 Å². The summed E-state index contributed by atoms with van der Waals surface area (Å²) in [5.74, 6) is 4.29. The molecular formula is C31H34Cl2O6. The third-order valence-electron chi connectivity index (χ3n) is 6.47. The Morgan fingerprint density at radius 2 is 0.795 bits per heavy atom. The average Bonchev–Trinajstić information content (AvgIpc) is 2.98. The van der Waals surface area contributed by atoms with Crippen LogP contribution < -0.4 is 28.4 Å². The van der Waals surface area contributed by atoms with Crippen molar-refractivity contribution in [3.63, 3.8) is 0 Å². The minimum absolute atomic E-state index is 0.194. The van der Waals surface area contributed by atoms with Crippen LogP contribution in [-0.4, -0.2) is 48.0 Å². The zero-order chi connectivity index (χ0) is 28.4. The highest BCUT2D eigenvalue weighted by Gasteiger charge is 2.18. The van der Waals surface area contributed by atoms with Gasteiger partial charge in [0.15, 0.2) is 0 Å². The van der Waals surface area contributed by atoms with E-state index in [2.05, 4.69) is 36.4 Å². The second-order valence-corrected chi connectivity index (χ2v) is 9.21. The number of methoxy groups -OCH3 is 6. The molecule has 0 heterocycles. The smallest absolute Gasteiger partial charge is 0.129 e. The van der Waals surface area contributed by atoms with Crippen molar-refractivity contribution in [2.24, 2.45) is 0 Å². The Kier molecular flexibility index (Phi) is 11.3. The molecule has 0 aliphatic carbocycles. The van der Waals surface area contributed by atoms with Gasteiger partial charge < -0.3 is 28.4 Å². The predicted molar refractivity (Wildman–Crippen MR) is 158 cm³/mol. The van der Waals surface area contributed by atoms with Crippen molar-refractivity contribution in [2.45, 2.75) is 12.8 Å². The molecule has 0 fully saturated rings. The summed E-state index contributed by atoms with van der Waals surface area (Å²) in [4.78, 5) is 0. The van der Waals surface area contributed by atoms with Gasteiger partial charge in [-0.2, -0.15) is 0 Å². The number of rotatable bonds is 10. The molecular weight excluding hydrogens is 539 g/mol. The van der Waals surface area contributed by atoms with Gasteiger partial charge in [0.2, 0.25) is 0 Å². The van der Waals surface area contributed by atoms with Crippen LogP contribution in [0, 0.1) is 0 Å². The van der Waals surface area contributed by atoms with Crippen molar-refractivity contribution in [1.82, 2.24) is 0 Å². The molecule has 0 amide bonds. The first kappa shape index (κ1) is 30.1. The zero-order valence-electron chi connectivity index (χ0n) is 23.1. The Labute approximate surface area is 240 Å². The van der Waals surface area contributed by atoms with Crippen LogP contribution in [0.4, 0.5) is 0 Å². The number of alkyl halides is 2. The molecule has 4 rings (SSSR count). The van der Waals surface area contributed by atoms with E-state index < -0.39 is 0 Å². The first-order valence-corrected chi connectivity index (χ1v) is 13.2. The van der Waals surface area contributed by atoms with Gasteiger partial charge in [0, 0.05) is 48.2 Å². The van der Waals surface area contributed by atoms with Crippen LogP contribution in [0.2, 0.25) is 0 Å². The van der Waals surface area contributed by atoms with Crippen LogP contribution in [0.3, 0.4) is 0 Å². The van der Waals surface area contributed by atoms with Gasteiger partial charge in [-0.1, -0.05) is 36.4 Å². The van der Waals surface area contributed by atoms with Crippen LogP contribution in [-0.2, 0) is 12.8 Å². The molecule has 4 aromatic carbocycles. The summed E-state index contributed by atoms with van der Waals surface area (Å²) >= 11 is 9.53. The molecule has 0 spiro atoms. The molecule has 0 aliphatic rings. The monoisotopic (exact) mass is 572 g/mol. The third-order valence-corrected chi connectivity index (χ3v) is 6.47. The summed E-state index contributed by atoms with van der Waals surface area (Å²) in [5, 5.41) is 2.53. The molecule has 4 aromatic rings. The minimum atomic E-state index is 0.194. The van der Waals surface area contributed by atoms with E-state index in [1.165, 1.54) is 21.9 Å². The maximum Gasteiger partial charge on any atom is 0.129 e. The summed E-state index contributed by atoms with van der Waals surface area (Å²) in [5.41, 5.74) is 4.28. The predicted octanol–water partition coefficient (Wildman–Crippen LogP) is 7.49. The van der Waals surface area contributed by atoms with Crippen LogP contribution in [0.5, 0.6) is 34.5 Å². The number of ether oxygens (including phenoxy) is 6. The lowest BCUT2D eigenvalue weighted by molar-refractivity contribution is 0.369. The van der Waals surface area contributed by atoms with Crippen molar-refractivity contribution in [3.8, 4) is 34.5 Å². The van der Waals surface area contributed by atoms with Gasteiger partial charge in [0.1, 0.15) is 34.5 Å². The molecule has 6 nitrogen and oxygen atoms in total. The molecule has 0 aliphatic heterocycles. The van der Waals surface area contributed by atoms with Gasteiger partial charge in [-0.05, 0) is 21.9 Å². The number of hydrogen-bond donors (Lipinski definition) is 0. The molecule has 208 valence electrons. The Balaban J connectivity index is 0.00000134. The minimum Gasteiger partial charge on any atom is -0.496 e. The highest BCUT2D eigenvalue weighted by Crippen LogP contribution is 2.39. The topological polar surface area (TPSA) is 55.4 Å². The van der Waals surface area contributed by atoms with Gasteiger partial charge in [0.25, 0.3) is 0 Å². The van der Waals surface area contributed by atoms with E-state index in [1.54, 1.807) is 42.7 Å². The summed E-state index contributed by atoms with van der Waals surface area (Å²) in [6, 6.07) is 20.3. The third kappa shape index (κ3) is 6.94. The number of benzene rings is 4. The highest BCUT2D eigenvalue weighted by atomic mass is 35.5. The number of halogens is 2. The quantitative estimate of drug-likeness (QED) is 0.183. The second kappa shape index (κ2) is 14.6. The molecule has 0 radical (unpaired) electrons. The fraction of sp³-hybridized carbons (Fsp3) is 0.290. The van der Waals surface area contributed by atoms with Crippen LogP contribution in [0.1, 0.15) is 22.3 Å². The van der Waals surface area contributed by atoms with Gasteiger partial charge in [0.05, 0.1) is 48.0 Å². The van der Waals surface area contributed by atoms with Gasteiger partial charge in [-0.15, -0.1) is 23.2 Å². The van der Waals surface area contributed by atoms with E-state index in [1.807, 2.05) is 24.3 Å². The van der Waals surface area contributed by atoms with E-state index in [0.717, 1.165) is 34.1 Å². The fourth-order valence-electron chi connectivity index (χ4n) is 4.62. The standard InChI is InChI=1S/C30H32O6.CH2Cl2/c1-31-21-15-27(33-3)25(28(16-21)34-4)13-19-11-12-20(24-10-8-7-9-23(19)24)14-26-29(35-5)17-22(32-2)18-30(26)36-6;2-1-3/h7-12,15-18H,13-14H2,1-6H3;1H2. The lowest BCUT2D eigenvalue weighted by atomic mass is 9.91. The van der Waals surface area contributed by atoms with E-state index in [9.17, 15) is 0 Å². The molecule has 0 atom stereocenters. The summed E-state index contributed by atoms with van der Waals surface area (Å²) in [7, 11) is 9.91. The maximum absolute atomic E-state index is 5.69. The lowest BCUT2D eigenvalue weighted by Gasteiger charge is -2.18. The Morgan fingerprint density at radius 1 is 0.487 bits per heavy atom. The Hall–Kier alpha value is -3.48. The van der Waals surface area contributed by atoms with Gasteiger partial charge in [-0.25, -0.2) is 0 Å². The largest absolute Gasteiger partial charge is 0.496 e. The number of fused-ring (bicyclic) bond motifs is 1. The van der Waals surface area contributed by atoms with Crippen molar-refractivity contribution in [3.05, 3.63) is 82.9 Å². The number of hydrogen-bond acceptors (Lipinski definition) is 6. The second-order valence-electron chi connectivity index (χ2n) is 8.40. The van der Waals surface area contributed by atoms with Crippen LogP contribution in [0.25, 0.3) is 10.8 Å². The molecule has 39 heavy (non-hydrogen) atoms. The van der Waals surface area contributed by atoms with Crippen molar-refractivity contribution in [1.29, 1.82) is 0 Å². The molecule has 0 aromatic heterocycles. The molecule has 0 saturated heterocycles. The normalized spacial score (nSPS) is 10.4. The van der Waals surface area contributed by atoms with Crippen molar-refractivity contribution < 1.29 is 28.4 Å². The van der Waals surface area contributed by atoms with Crippen molar-refractivity contribution in [2.75, 3.05) is 48.0 Å². The molecule has 0 N–H and O–H groups in total. The lowest BCUT2D eigenvalue weighted by Crippen LogP contribution is -2.02. The van der Waals surface area contributed by atoms with Crippen LogP contribution in [0.15, 0.2) is 60.7 Å². The van der Waals surface area contributed by atoms with Gasteiger partial charge in [-0.3, -0.25) is 0 Å². The highest BCUT2D eigenvalue weighted by molar-refractivity contribution is 6.40. The van der Waals surface area contributed by atoms with E-state index in [0.29, 0.717) is 24.3 Å². The van der Waals surface area contributed by atoms with Crippen LogP contribution >= 0.6 is 23.2 Å². The van der Waals surface area contributed by atoms with E-state index in [-0.39, 0.29) is 5.34 Å². The molecule has 0 bridgehead atoms. The first-order chi connectivity index (χ1) is 19.0. The zero-order valence-corrected chi connectivity index (χ0v) is 24.6. The SMILES string of the molecule is COc1cc(OC)c(Cc2ccc(Cc3c(OC)cc(OC)cc3OC)c3ccccc23)c(OC)c1.ClCCl. The summed E-state index contributed by atoms with van der Waals surface area (Å²) in [6.07, 6.45) is 1.29. The first-order valence-electron chi connectivity index (χ1n) is 12.2. The average molecular weight is 574 g/mol. The van der Waals surface area contributed by atoms with E-state index in [4.69, 9.17) is 51.6 Å². The molecule has 0 saturated carbocycles. The Bertz CT molecular complexity index is 1240. The Morgan fingerprint density at radius 3 is 1.05 bits per heavy atom. The molecule has 0 unspecified atom stereocenters. The fourth-order valence-corrected chi connectivity index (χ4v) is 4.62. The summed E-state index contributed by atoms with van der Waals surface area (Å²) in [6.45, 7) is 0. The maximum atomic E-state index is 5.69. The van der Waals surface area contributed by atoms with Gasteiger partial charge >= 0.3 is 0 Å². The summed E-state index contributed by atoms with van der Waals surface area (Å²) < 4.78 is 33.6.